The second kappa shape index (κ2) is 6.62. The second-order valence-corrected chi connectivity index (χ2v) is 4.92. The SMILES string of the molecule is COCC(C)(NC(=O)C(C)c1c(F)cccc1F)C(=O)O. The van der Waals surface area contributed by atoms with Gasteiger partial charge in [-0.15, -0.1) is 0 Å². The van der Waals surface area contributed by atoms with Crippen LogP contribution >= 0.6 is 0 Å². The number of nitrogens with one attached hydrogen (secondary N) is 1. The first-order valence-electron chi connectivity index (χ1n) is 6.21. The number of carbonyl (C=O) groups is 2. The van der Waals surface area contributed by atoms with Crippen LogP contribution in [0.2, 0.25) is 0 Å². The van der Waals surface area contributed by atoms with Crippen molar-refractivity contribution < 1.29 is 28.2 Å². The van der Waals surface area contributed by atoms with Gasteiger partial charge in [0.15, 0.2) is 5.54 Å². The van der Waals surface area contributed by atoms with E-state index in [1.54, 1.807) is 0 Å². The van der Waals surface area contributed by atoms with Crippen LogP contribution in [-0.2, 0) is 14.3 Å². The van der Waals surface area contributed by atoms with E-state index < -0.39 is 40.5 Å². The highest BCUT2D eigenvalue weighted by Gasteiger charge is 2.37. The molecule has 0 saturated carbocycles. The molecule has 0 saturated heterocycles. The Morgan fingerprint density at radius 3 is 2.33 bits per heavy atom. The van der Waals surface area contributed by atoms with Crippen molar-refractivity contribution in [2.45, 2.75) is 25.3 Å². The number of aliphatic carboxylic acids is 1. The maximum Gasteiger partial charge on any atom is 0.331 e. The first-order chi connectivity index (χ1) is 9.73. The predicted octanol–water partition coefficient (Wildman–Crippen LogP) is 1.67. The number of amides is 1. The van der Waals surface area contributed by atoms with E-state index in [2.05, 4.69) is 5.32 Å². The molecule has 116 valence electrons. The van der Waals surface area contributed by atoms with E-state index in [9.17, 15) is 18.4 Å². The zero-order chi connectivity index (χ0) is 16.2. The molecule has 1 aromatic carbocycles. The van der Waals surface area contributed by atoms with Gasteiger partial charge in [-0.3, -0.25) is 4.79 Å². The number of carboxylic acid groups (broad SMARTS) is 1. The van der Waals surface area contributed by atoms with Gasteiger partial charge in [0.1, 0.15) is 11.6 Å². The molecule has 0 aliphatic heterocycles. The standard InChI is InChI=1S/C14H17F2NO4/c1-8(11-9(15)5-4-6-10(11)16)12(18)17-14(2,7-21-3)13(19)20/h4-6,8H,7H2,1-3H3,(H,17,18)(H,19,20). The Hall–Kier alpha value is -2.02. The van der Waals surface area contributed by atoms with Gasteiger partial charge in [0.2, 0.25) is 5.91 Å². The van der Waals surface area contributed by atoms with Crippen LogP contribution in [0.1, 0.15) is 25.3 Å². The number of carboxylic acids is 1. The zero-order valence-electron chi connectivity index (χ0n) is 11.9. The summed E-state index contributed by atoms with van der Waals surface area (Å²) < 4.78 is 32.0. The predicted molar refractivity (Wildman–Crippen MR) is 70.8 cm³/mol. The van der Waals surface area contributed by atoms with Crippen molar-refractivity contribution >= 4 is 11.9 Å². The molecule has 21 heavy (non-hydrogen) atoms. The van der Waals surface area contributed by atoms with E-state index in [0.29, 0.717) is 0 Å². The number of ether oxygens (including phenoxy) is 1. The molecule has 0 aromatic heterocycles. The van der Waals surface area contributed by atoms with Crippen molar-refractivity contribution in [3.8, 4) is 0 Å². The molecule has 2 unspecified atom stereocenters. The summed E-state index contributed by atoms with van der Waals surface area (Å²) in [7, 11) is 1.29. The number of benzene rings is 1. The van der Waals surface area contributed by atoms with Crippen molar-refractivity contribution in [2.24, 2.45) is 0 Å². The molecule has 0 spiro atoms. The first-order valence-corrected chi connectivity index (χ1v) is 6.21. The van der Waals surface area contributed by atoms with E-state index in [1.807, 2.05) is 0 Å². The van der Waals surface area contributed by atoms with Crippen LogP contribution in [0.25, 0.3) is 0 Å². The molecule has 7 heteroatoms. The van der Waals surface area contributed by atoms with Crippen LogP contribution in [0.15, 0.2) is 18.2 Å². The van der Waals surface area contributed by atoms with Crippen LogP contribution < -0.4 is 5.32 Å². The van der Waals surface area contributed by atoms with Gasteiger partial charge in [0.05, 0.1) is 12.5 Å². The summed E-state index contributed by atoms with van der Waals surface area (Å²) in [6.07, 6.45) is 0. The van der Waals surface area contributed by atoms with Crippen molar-refractivity contribution in [2.75, 3.05) is 13.7 Å². The normalized spacial score (nSPS) is 15.1. The number of halogens is 2. The lowest BCUT2D eigenvalue weighted by atomic mass is 9.96. The highest BCUT2D eigenvalue weighted by molar-refractivity contribution is 5.90. The maximum atomic E-state index is 13.6. The van der Waals surface area contributed by atoms with E-state index >= 15 is 0 Å². The minimum atomic E-state index is -1.68. The lowest BCUT2D eigenvalue weighted by Crippen LogP contribution is -2.56. The average Bonchev–Trinajstić information content (AvgIpc) is 2.38. The fourth-order valence-electron chi connectivity index (χ4n) is 1.88. The van der Waals surface area contributed by atoms with Crippen LogP contribution in [0.5, 0.6) is 0 Å². The van der Waals surface area contributed by atoms with E-state index in [-0.39, 0.29) is 6.61 Å². The average molecular weight is 301 g/mol. The molecule has 1 rings (SSSR count). The maximum absolute atomic E-state index is 13.6. The van der Waals surface area contributed by atoms with Gasteiger partial charge in [0.25, 0.3) is 0 Å². The minimum absolute atomic E-state index is 0.277. The zero-order valence-corrected chi connectivity index (χ0v) is 11.9. The summed E-state index contributed by atoms with van der Waals surface area (Å²) in [4.78, 5) is 23.3. The summed E-state index contributed by atoms with van der Waals surface area (Å²) in [5, 5.41) is 11.4. The summed E-state index contributed by atoms with van der Waals surface area (Å²) in [5.41, 5.74) is -2.08. The van der Waals surface area contributed by atoms with Crippen molar-refractivity contribution in [3.63, 3.8) is 0 Å². The van der Waals surface area contributed by atoms with Gasteiger partial charge in [-0.05, 0) is 26.0 Å². The van der Waals surface area contributed by atoms with E-state index in [0.717, 1.165) is 12.1 Å². The van der Waals surface area contributed by atoms with Crippen LogP contribution in [0.4, 0.5) is 8.78 Å². The Labute approximate surface area is 120 Å². The Morgan fingerprint density at radius 1 is 1.38 bits per heavy atom. The van der Waals surface area contributed by atoms with Gasteiger partial charge < -0.3 is 15.2 Å². The molecule has 0 fully saturated rings. The molecule has 0 aliphatic carbocycles. The molecule has 0 heterocycles. The van der Waals surface area contributed by atoms with Crippen molar-refractivity contribution in [3.05, 3.63) is 35.4 Å². The highest BCUT2D eigenvalue weighted by atomic mass is 19.1. The molecule has 0 aliphatic rings. The van der Waals surface area contributed by atoms with Crippen LogP contribution in [0, 0.1) is 11.6 Å². The fourth-order valence-corrected chi connectivity index (χ4v) is 1.88. The Balaban J connectivity index is 3.00. The summed E-state index contributed by atoms with van der Waals surface area (Å²) in [6.45, 7) is 2.27. The third-order valence-corrected chi connectivity index (χ3v) is 3.13. The lowest BCUT2D eigenvalue weighted by Gasteiger charge is -2.27. The summed E-state index contributed by atoms with van der Waals surface area (Å²) in [6, 6.07) is 3.26. The fraction of sp³-hybridized carbons (Fsp3) is 0.429. The third-order valence-electron chi connectivity index (χ3n) is 3.13. The molecule has 1 amide bonds. The molecule has 1 aromatic rings. The minimum Gasteiger partial charge on any atom is -0.479 e. The van der Waals surface area contributed by atoms with Crippen molar-refractivity contribution in [1.82, 2.24) is 5.32 Å². The van der Waals surface area contributed by atoms with Gasteiger partial charge in [-0.2, -0.15) is 0 Å². The largest absolute Gasteiger partial charge is 0.479 e. The van der Waals surface area contributed by atoms with Crippen molar-refractivity contribution in [1.29, 1.82) is 0 Å². The lowest BCUT2D eigenvalue weighted by molar-refractivity contribution is -0.149. The molecule has 0 bridgehead atoms. The van der Waals surface area contributed by atoms with Gasteiger partial charge >= 0.3 is 5.97 Å². The molecule has 5 nitrogen and oxygen atoms in total. The summed E-state index contributed by atoms with van der Waals surface area (Å²) >= 11 is 0. The van der Waals surface area contributed by atoms with E-state index in [1.165, 1.54) is 27.0 Å². The van der Waals surface area contributed by atoms with Crippen LogP contribution in [-0.4, -0.2) is 36.2 Å². The van der Waals surface area contributed by atoms with Gasteiger partial charge in [0, 0.05) is 12.7 Å². The van der Waals surface area contributed by atoms with Crippen LogP contribution in [0.3, 0.4) is 0 Å². The smallest absolute Gasteiger partial charge is 0.331 e. The number of carbonyl (C=O) groups excluding carboxylic acids is 1. The number of hydrogen-bond donors (Lipinski definition) is 2. The van der Waals surface area contributed by atoms with E-state index in [4.69, 9.17) is 9.84 Å². The molecular formula is C14H17F2NO4. The Bertz CT molecular complexity index is 530. The number of rotatable bonds is 6. The summed E-state index contributed by atoms with van der Waals surface area (Å²) in [5.74, 6) is -5.01. The number of hydrogen-bond acceptors (Lipinski definition) is 3. The number of methoxy groups -OCH3 is 1. The molecular weight excluding hydrogens is 284 g/mol. The topological polar surface area (TPSA) is 75.6 Å². The Kier molecular flexibility index (Phi) is 5.37. The molecule has 0 radical (unpaired) electrons. The third kappa shape index (κ3) is 3.75. The molecule has 2 N–H and O–H groups in total. The quantitative estimate of drug-likeness (QED) is 0.838. The highest BCUT2D eigenvalue weighted by Crippen LogP contribution is 2.23. The molecule has 2 atom stereocenters. The monoisotopic (exact) mass is 301 g/mol. The first kappa shape index (κ1) is 17.0. The van der Waals surface area contributed by atoms with Gasteiger partial charge in [-0.1, -0.05) is 6.07 Å². The van der Waals surface area contributed by atoms with Gasteiger partial charge in [-0.25, -0.2) is 13.6 Å². The second-order valence-electron chi connectivity index (χ2n) is 4.92. The Morgan fingerprint density at radius 2 is 1.90 bits per heavy atom.